The first-order valence-corrected chi connectivity index (χ1v) is 5.50. The van der Waals surface area contributed by atoms with Gasteiger partial charge in [-0.1, -0.05) is 0 Å². The molecule has 0 aliphatic carbocycles. The fourth-order valence-corrected chi connectivity index (χ4v) is 1.93. The van der Waals surface area contributed by atoms with Gasteiger partial charge in [-0.3, -0.25) is 10.1 Å². The van der Waals surface area contributed by atoms with Gasteiger partial charge in [0.25, 0.3) is 0 Å². The highest BCUT2D eigenvalue weighted by Crippen LogP contribution is 2.23. The minimum atomic E-state index is -1.05. The summed E-state index contributed by atoms with van der Waals surface area (Å²) in [6.07, 6.45) is 2.37. The highest BCUT2D eigenvalue weighted by Gasteiger charge is 2.13. The molecule has 7 nitrogen and oxygen atoms in total. The van der Waals surface area contributed by atoms with Crippen molar-refractivity contribution in [2.75, 3.05) is 0 Å². The Kier molecular flexibility index (Phi) is 3.11. The molecule has 1 aromatic carbocycles. The van der Waals surface area contributed by atoms with E-state index in [2.05, 4.69) is 21.0 Å². The molecule has 0 aliphatic rings. The van der Waals surface area contributed by atoms with Crippen LogP contribution in [0.2, 0.25) is 0 Å². The third-order valence-corrected chi connectivity index (χ3v) is 2.86. The maximum Gasteiger partial charge on any atom is 0.335 e. The van der Waals surface area contributed by atoms with Crippen molar-refractivity contribution < 1.29 is 14.8 Å². The molecule has 0 aliphatic heterocycles. The van der Waals surface area contributed by atoms with E-state index in [1.165, 1.54) is 29.1 Å². The number of benzene rings is 1. The third kappa shape index (κ3) is 2.23. The number of hydrogen-bond donors (Lipinski definition) is 1. The first-order chi connectivity index (χ1) is 8.49. The zero-order valence-corrected chi connectivity index (χ0v) is 10.4. The zero-order chi connectivity index (χ0) is 13.3. The standard InChI is InChI=1S/C10H6BrN3O4/c11-8-3-6(10(15)16)1-2-9(8)13-5-7(4-12-13)14(17)18/h1-5H,(H,15,16). The quantitative estimate of drug-likeness (QED) is 0.692. The molecule has 8 heteroatoms. The van der Waals surface area contributed by atoms with Crippen molar-refractivity contribution in [1.82, 2.24) is 9.78 Å². The Morgan fingerprint density at radius 1 is 1.50 bits per heavy atom. The largest absolute Gasteiger partial charge is 0.478 e. The molecule has 92 valence electrons. The number of carboxylic acid groups (broad SMARTS) is 1. The number of halogens is 1. The fourth-order valence-electron chi connectivity index (χ4n) is 1.37. The van der Waals surface area contributed by atoms with Crippen LogP contribution in [0.5, 0.6) is 0 Å². The van der Waals surface area contributed by atoms with E-state index in [1.54, 1.807) is 0 Å². The van der Waals surface area contributed by atoms with Gasteiger partial charge in [0.15, 0.2) is 0 Å². The van der Waals surface area contributed by atoms with Gasteiger partial charge in [0.2, 0.25) is 0 Å². The Labute approximate surface area is 109 Å². The van der Waals surface area contributed by atoms with Crippen molar-refractivity contribution in [3.8, 4) is 5.69 Å². The minimum Gasteiger partial charge on any atom is -0.478 e. The van der Waals surface area contributed by atoms with Gasteiger partial charge in [0.1, 0.15) is 12.4 Å². The fraction of sp³-hybridized carbons (Fsp3) is 0. The molecule has 0 unspecified atom stereocenters. The average molecular weight is 312 g/mol. The SMILES string of the molecule is O=C(O)c1ccc(-n2cc([N+](=O)[O-])cn2)c(Br)c1. The van der Waals surface area contributed by atoms with E-state index >= 15 is 0 Å². The van der Waals surface area contributed by atoms with Crippen LogP contribution in [0.4, 0.5) is 5.69 Å². The molecule has 0 saturated heterocycles. The summed E-state index contributed by atoms with van der Waals surface area (Å²) in [5.74, 6) is -1.05. The Hall–Kier alpha value is -2.22. The van der Waals surface area contributed by atoms with E-state index in [-0.39, 0.29) is 11.3 Å². The molecule has 1 aromatic heterocycles. The maximum absolute atomic E-state index is 10.8. The highest BCUT2D eigenvalue weighted by molar-refractivity contribution is 9.10. The monoisotopic (exact) mass is 311 g/mol. The van der Waals surface area contributed by atoms with Crippen LogP contribution in [0.15, 0.2) is 35.1 Å². The van der Waals surface area contributed by atoms with Crippen LogP contribution in [-0.4, -0.2) is 25.8 Å². The average Bonchev–Trinajstić information content (AvgIpc) is 2.78. The van der Waals surface area contributed by atoms with E-state index < -0.39 is 10.9 Å². The van der Waals surface area contributed by atoms with Gasteiger partial charge < -0.3 is 5.11 Å². The van der Waals surface area contributed by atoms with Gasteiger partial charge in [-0.15, -0.1) is 0 Å². The number of rotatable bonds is 3. The van der Waals surface area contributed by atoms with Gasteiger partial charge in [-0.2, -0.15) is 5.10 Å². The summed E-state index contributed by atoms with van der Waals surface area (Å²) in [4.78, 5) is 20.7. The lowest BCUT2D eigenvalue weighted by atomic mass is 10.2. The second-order valence-corrected chi connectivity index (χ2v) is 4.23. The van der Waals surface area contributed by atoms with Crippen LogP contribution in [0.1, 0.15) is 10.4 Å². The second kappa shape index (κ2) is 4.57. The summed E-state index contributed by atoms with van der Waals surface area (Å²) < 4.78 is 1.79. The van der Waals surface area contributed by atoms with Gasteiger partial charge >= 0.3 is 11.7 Å². The lowest BCUT2D eigenvalue weighted by Crippen LogP contribution is -2.00. The second-order valence-electron chi connectivity index (χ2n) is 3.37. The zero-order valence-electron chi connectivity index (χ0n) is 8.78. The van der Waals surface area contributed by atoms with Crippen LogP contribution < -0.4 is 0 Å². The summed E-state index contributed by atoms with van der Waals surface area (Å²) in [7, 11) is 0. The predicted octanol–water partition coefficient (Wildman–Crippen LogP) is 2.24. The summed E-state index contributed by atoms with van der Waals surface area (Å²) in [5.41, 5.74) is 0.504. The normalized spacial score (nSPS) is 10.3. The Morgan fingerprint density at radius 3 is 2.72 bits per heavy atom. The van der Waals surface area contributed by atoms with E-state index in [0.29, 0.717) is 10.2 Å². The van der Waals surface area contributed by atoms with Crippen molar-refractivity contribution in [3.63, 3.8) is 0 Å². The first kappa shape index (κ1) is 12.2. The van der Waals surface area contributed by atoms with E-state index in [4.69, 9.17) is 5.11 Å². The van der Waals surface area contributed by atoms with Crippen LogP contribution >= 0.6 is 15.9 Å². The highest BCUT2D eigenvalue weighted by atomic mass is 79.9. The van der Waals surface area contributed by atoms with Crippen LogP contribution in [0.25, 0.3) is 5.69 Å². The molecule has 1 N–H and O–H groups in total. The molecular formula is C10H6BrN3O4. The van der Waals surface area contributed by atoms with Gasteiger partial charge in [0.05, 0.1) is 16.2 Å². The number of hydrogen-bond acceptors (Lipinski definition) is 4. The van der Waals surface area contributed by atoms with E-state index in [0.717, 1.165) is 6.20 Å². The van der Waals surface area contributed by atoms with Crippen molar-refractivity contribution in [3.05, 3.63) is 50.7 Å². The first-order valence-electron chi connectivity index (χ1n) is 4.71. The number of carboxylic acids is 1. The van der Waals surface area contributed by atoms with E-state index in [9.17, 15) is 14.9 Å². The minimum absolute atomic E-state index is 0.118. The topological polar surface area (TPSA) is 98.3 Å². The number of nitrogens with zero attached hydrogens (tertiary/aromatic N) is 3. The Morgan fingerprint density at radius 2 is 2.22 bits per heavy atom. The summed E-state index contributed by atoms with van der Waals surface area (Å²) in [6.45, 7) is 0. The molecule has 1 heterocycles. The van der Waals surface area contributed by atoms with Crippen molar-refractivity contribution in [1.29, 1.82) is 0 Å². The molecule has 0 amide bonds. The number of carbonyl (C=O) groups is 1. The smallest absolute Gasteiger partial charge is 0.335 e. The molecule has 0 fully saturated rings. The predicted molar refractivity (Wildman–Crippen MR) is 64.9 cm³/mol. The molecule has 0 saturated carbocycles. The number of aromatic nitrogens is 2. The van der Waals surface area contributed by atoms with Crippen LogP contribution in [-0.2, 0) is 0 Å². The molecular weight excluding hydrogens is 306 g/mol. The van der Waals surface area contributed by atoms with Gasteiger partial charge in [-0.25, -0.2) is 9.48 Å². The number of aromatic carboxylic acids is 1. The molecule has 0 spiro atoms. The Balaban J connectivity index is 2.44. The van der Waals surface area contributed by atoms with E-state index in [1.807, 2.05) is 0 Å². The lowest BCUT2D eigenvalue weighted by molar-refractivity contribution is -0.384. The van der Waals surface area contributed by atoms with Crippen LogP contribution in [0.3, 0.4) is 0 Å². The molecule has 0 bridgehead atoms. The van der Waals surface area contributed by atoms with Gasteiger partial charge in [-0.05, 0) is 34.1 Å². The lowest BCUT2D eigenvalue weighted by Gasteiger charge is -2.04. The van der Waals surface area contributed by atoms with Crippen molar-refractivity contribution in [2.45, 2.75) is 0 Å². The summed E-state index contributed by atoms with van der Waals surface area (Å²) >= 11 is 3.20. The maximum atomic E-state index is 10.8. The summed E-state index contributed by atoms with van der Waals surface area (Å²) in [5, 5.41) is 23.2. The molecule has 2 aromatic rings. The molecule has 0 atom stereocenters. The third-order valence-electron chi connectivity index (χ3n) is 2.22. The summed E-state index contributed by atoms with van der Waals surface area (Å²) in [6, 6.07) is 4.32. The Bertz CT molecular complexity index is 638. The van der Waals surface area contributed by atoms with Crippen LogP contribution in [0, 0.1) is 10.1 Å². The molecule has 0 radical (unpaired) electrons. The molecule has 2 rings (SSSR count). The molecule has 18 heavy (non-hydrogen) atoms. The number of nitro groups is 1. The van der Waals surface area contributed by atoms with Gasteiger partial charge in [0, 0.05) is 4.47 Å². The van der Waals surface area contributed by atoms with Crippen molar-refractivity contribution in [2.24, 2.45) is 0 Å². The van der Waals surface area contributed by atoms with Crippen molar-refractivity contribution >= 4 is 27.6 Å².